The normalized spacial score (nSPS) is 11.2. The van der Waals surface area contributed by atoms with Gasteiger partial charge in [0.2, 0.25) is 35.4 Å². The number of unbranched alkanes of at least 4 members (excludes halogenated alkanes) is 44. The molecule has 0 aliphatic rings. The Bertz CT molecular complexity index is 1530. The number of thioether (sulfide) groups is 1. The Hall–Kier alpha value is -2.87. The Balaban J connectivity index is 0. The molecule has 0 atom stereocenters. The lowest BCUT2D eigenvalue weighted by Crippen LogP contribution is -2.40. The highest BCUT2D eigenvalue weighted by Gasteiger charge is 2.17. The average Bonchev–Trinajstić information content (AvgIpc) is 3.79. The highest BCUT2D eigenvalue weighted by molar-refractivity contribution is 7.99. The van der Waals surface area contributed by atoms with E-state index in [9.17, 15) is 28.8 Å². The van der Waals surface area contributed by atoms with Gasteiger partial charge in [-0.15, -0.1) is 0 Å². The third kappa shape index (κ3) is 67.0. The van der Waals surface area contributed by atoms with Gasteiger partial charge >= 0.3 is 0 Å². The van der Waals surface area contributed by atoms with Crippen molar-refractivity contribution in [1.82, 2.24) is 30.2 Å². The molecular weight excluding hydrogens is 1210 g/mol. The van der Waals surface area contributed by atoms with Gasteiger partial charge in [0.1, 0.15) is 0 Å². The van der Waals surface area contributed by atoms with E-state index in [0.717, 1.165) is 63.4 Å². The van der Waals surface area contributed by atoms with Crippen molar-refractivity contribution in [2.24, 2.45) is 0 Å². The molecule has 96 heavy (non-hydrogen) atoms. The largest absolute Gasteiger partial charge is 0.379 e. The van der Waals surface area contributed by atoms with Crippen LogP contribution in [0.2, 0.25) is 0 Å². The molecule has 0 unspecified atom stereocenters. The second-order valence-corrected chi connectivity index (χ2v) is 29.1. The standard InChI is InChI=1S/C41H81N3O4.C41H81N3O3S/c2*1-5-9-11-13-15-17-19-21-23-25-27-29-33-43(34-30-28-26-24-22-20-18-16-14-12-10-6-2)41(47)31-37-48-38-36-44(40(46)8-4)35-32-42-39(45)7-3/h2*5-38H2,1-4H3,(H,42,45). The first-order valence-electron chi connectivity index (χ1n) is 41.8. The molecule has 0 aromatic rings. The maximum Gasteiger partial charge on any atom is 0.224 e. The van der Waals surface area contributed by atoms with Gasteiger partial charge < -0.3 is 35.0 Å². The Labute approximate surface area is 600 Å². The molecule has 13 nitrogen and oxygen atoms in total. The van der Waals surface area contributed by atoms with Crippen LogP contribution in [0, 0.1) is 0 Å². The van der Waals surface area contributed by atoms with Crippen LogP contribution in [0.25, 0.3) is 0 Å². The summed E-state index contributed by atoms with van der Waals surface area (Å²) < 4.78 is 5.83. The number of carbonyl (C=O) groups is 6. The number of rotatable bonds is 74. The van der Waals surface area contributed by atoms with Crippen molar-refractivity contribution >= 4 is 47.2 Å². The van der Waals surface area contributed by atoms with Gasteiger partial charge in [-0.3, -0.25) is 28.8 Å². The SMILES string of the molecule is CCCCCCCCCCCCCCN(CCCCCCCCCCCCCC)C(=O)CCOCCN(CCNC(=O)CC)C(=O)CC.CCCCCCCCCCCCCCN(CCCCCCCCCCCCCC)C(=O)CCSCCN(CCNC(=O)CC)C(=O)CC. The Kier molecular flexibility index (Phi) is 77.2. The zero-order valence-electron chi connectivity index (χ0n) is 65.1. The van der Waals surface area contributed by atoms with Crippen LogP contribution < -0.4 is 10.6 Å². The lowest BCUT2D eigenvalue weighted by molar-refractivity contribution is -0.134. The highest BCUT2D eigenvalue weighted by atomic mass is 32.2. The van der Waals surface area contributed by atoms with Crippen molar-refractivity contribution in [3.05, 3.63) is 0 Å². The van der Waals surface area contributed by atoms with Crippen LogP contribution in [-0.2, 0) is 33.5 Å². The number of nitrogens with zero attached hydrogens (tertiary/aromatic N) is 4. The Morgan fingerprint density at radius 1 is 0.250 bits per heavy atom. The van der Waals surface area contributed by atoms with Gasteiger partial charge in [0.15, 0.2) is 0 Å². The van der Waals surface area contributed by atoms with Crippen LogP contribution in [-0.4, -0.2) is 145 Å². The number of amides is 6. The van der Waals surface area contributed by atoms with Gasteiger partial charge in [0.25, 0.3) is 0 Å². The molecule has 0 heterocycles. The maximum atomic E-state index is 13.3. The molecule has 0 fully saturated rings. The molecule has 0 saturated carbocycles. The first-order valence-corrected chi connectivity index (χ1v) is 42.9. The molecule has 0 saturated heterocycles. The number of carbonyl (C=O) groups excluding carboxylic acids is 6. The molecule has 0 rings (SSSR count). The molecule has 0 bridgehead atoms. The summed E-state index contributed by atoms with van der Waals surface area (Å²) in [5, 5.41) is 5.70. The van der Waals surface area contributed by atoms with E-state index in [1.165, 1.54) is 283 Å². The minimum atomic E-state index is -0.00907. The molecule has 2 N–H and O–H groups in total. The Morgan fingerprint density at radius 2 is 0.500 bits per heavy atom. The molecule has 0 spiro atoms. The summed E-state index contributed by atoms with van der Waals surface area (Å²) in [6.07, 6.45) is 66.6. The van der Waals surface area contributed by atoms with Gasteiger partial charge in [0.05, 0.1) is 19.6 Å². The van der Waals surface area contributed by atoms with Crippen molar-refractivity contribution in [1.29, 1.82) is 0 Å². The summed E-state index contributed by atoms with van der Waals surface area (Å²) in [6, 6.07) is 0. The zero-order chi connectivity index (χ0) is 70.7. The van der Waals surface area contributed by atoms with Crippen LogP contribution in [0.1, 0.15) is 402 Å². The van der Waals surface area contributed by atoms with Gasteiger partial charge in [-0.2, -0.15) is 11.8 Å². The molecule has 0 aliphatic heterocycles. The van der Waals surface area contributed by atoms with Crippen molar-refractivity contribution in [2.45, 2.75) is 402 Å². The number of nitrogens with one attached hydrogen (secondary N) is 2. The van der Waals surface area contributed by atoms with Gasteiger partial charge in [-0.25, -0.2) is 0 Å². The number of hydrogen-bond donors (Lipinski definition) is 2. The Morgan fingerprint density at radius 3 is 0.771 bits per heavy atom. The van der Waals surface area contributed by atoms with Gasteiger partial charge in [-0.05, 0) is 25.7 Å². The van der Waals surface area contributed by atoms with E-state index in [2.05, 4.69) is 48.1 Å². The highest BCUT2D eigenvalue weighted by Crippen LogP contribution is 2.18. The number of hydrogen-bond acceptors (Lipinski definition) is 8. The summed E-state index contributed by atoms with van der Waals surface area (Å²) in [5.41, 5.74) is 0. The van der Waals surface area contributed by atoms with Crippen molar-refractivity contribution in [3.8, 4) is 0 Å². The van der Waals surface area contributed by atoms with E-state index in [-0.39, 0.29) is 29.5 Å². The smallest absolute Gasteiger partial charge is 0.224 e. The predicted molar refractivity (Wildman–Crippen MR) is 415 cm³/mol. The van der Waals surface area contributed by atoms with Crippen LogP contribution in [0.3, 0.4) is 0 Å². The topological polar surface area (TPSA) is 149 Å². The lowest BCUT2D eigenvalue weighted by atomic mass is 10.0. The third-order valence-electron chi connectivity index (χ3n) is 19.1. The predicted octanol–water partition coefficient (Wildman–Crippen LogP) is 21.5. The van der Waals surface area contributed by atoms with E-state index < -0.39 is 0 Å². The number of ether oxygens (including phenoxy) is 1. The minimum Gasteiger partial charge on any atom is -0.379 e. The molecule has 6 amide bonds. The molecule has 568 valence electrons. The van der Waals surface area contributed by atoms with Crippen molar-refractivity contribution in [2.75, 3.05) is 90.2 Å². The molecule has 0 aromatic heterocycles. The fourth-order valence-corrected chi connectivity index (χ4v) is 13.4. The quantitative estimate of drug-likeness (QED) is 0.0572. The van der Waals surface area contributed by atoms with Crippen LogP contribution in [0.15, 0.2) is 0 Å². The van der Waals surface area contributed by atoms with Crippen LogP contribution >= 0.6 is 11.8 Å². The van der Waals surface area contributed by atoms with E-state index >= 15 is 0 Å². The third-order valence-corrected chi connectivity index (χ3v) is 20.1. The van der Waals surface area contributed by atoms with Gasteiger partial charge in [-0.1, -0.05) is 338 Å². The summed E-state index contributed by atoms with van der Waals surface area (Å²) in [6.45, 7) is 23.9. The first kappa shape index (κ1) is 95.2. The fourth-order valence-electron chi connectivity index (χ4n) is 12.6. The lowest BCUT2D eigenvalue weighted by Gasteiger charge is -2.24. The fraction of sp³-hybridized carbons (Fsp3) is 0.927. The zero-order valence-corrected chi connectivity index (χ0v) is 66.0. The molecule has 14 heteroatoms. The second-order valence-electron chi connectivity index (χ2n) is 27.9. The van der Waals surface area contributed by atoms with E-state index in [1.54, 1.807) is 16.7 Å². The van der Waals surface area contributed by atoms with Crippen LogP contribution in [0.5, 0.6) is 0 Å². The second kappa shape index (κ2) is 77.9. The van der Waals surface area contributed by atoms with Gasteiger partial charge in [0, 0.05) is 109 Å². The molecule has 0 aromatic carbocycles. The summed E-state index contributed by atoms with van der Waals surface area (Å²) in [4.78, 5) is 82.2. The minimum absolute atomic E-state index is 0.00907. The van der Waals surface area contributed by atoms with Crippen LogP contribution in [0.4, 0.5) is 0 Å². The summed E-state index contributed by atoms with van der Waals surface area (Å²) in [5.74, 6) is 2.30. The summed E-state index contributed by atoms with van der Waals surface area (Å²) >= 11 is 1.76. The van der Waals surface area contributed by atoms with E-state index in [1.807, 2.05) is 32.6 Å². The monoisotopic (exact) mass is 1380 g/mol. The van der Waals surface area contributed by atoms with E-state index in [4.69, 9.17) is 4.74 Å². The first-order chi connectivity index (χ1) is 47.0. The molecule has 0 aliphatic carbocycles. The summed E-state index contributed by atoms with van der Waals surface area (Å²) in [7, 11) is 0. The van der Waals surface area contributed by atoms with Crippen molar-refractivity contribution in [3.63, 3.8) is 0 Å². The molecular formula is C82H162N6O7S. The molecule has 0 radical (unpaired) electrons. The average molecular weight is 1380 g/mol. The van der Waals surface area contributed by atoms with E-state index in [0.29, 0.717) is 96.9 Å². The van der Waals surface area contributed by atoms with Crippen molar-refractivity contribution < 1.29 is 33.5 Å². The maximum absolute atomic E-state index is 13.3.